The van der Waals surface area contributed by atoms with Crippen LogP contribution in [-0.4, -0.2) is 33.0 Å². The van der Waals surface area contributed by atoms with Crippen molar-refractivity contribution in [3.8, 4) is 0 Å². The van der Waals surface area contributed by atoms with Crippen molar-refractivity contribution >= 4 is 34.0 Å². The van der Waals surface area contributed by atoms with Gasteiger partial charge in [-0.05, 0) is 44.0 Å². The van der Waals surface area contributed by atoms with E-state index >= 15 is 0 Å². The molecule has 2 rings (SSSR count). The molecule has 0 radical (unpaired) electrons. The number of nitrogens with one attached hydrogen (secondary N) is 1. The highest BCUT2D eigenvalue weighted by Crippen LogP contribution is 2.30. The lowest BCUT2D eigenvalue weighted by atomic mass is 10.1. The molecule has 1 aliphatic rings. The quantitative estimate of drug-likeness (QED) is 0.850. The SMILES string of the molecule is CC(=O)N1CCc2cc(S(=O)(=O)NC(C)(C)CN)ccc21.Cl. The smallest absolute Gasteiger partial charge is 0.241 e. The number of nitrogens with two attached hydrogens (primary N) is 1. The molecule has 124 valence electrons. The Morgan fingerprint density at radius 2 is 2.05 bits per heavy atom. The van der Waals surface area contributed by atoms with E-state index in [0.29, 0.717) is 13.0 Å². The lowest BCUT2D eigenvalue weighted by Gasteiger charge is -2.24. The minimum Gasteiger partial charge on any atom is -0.329 e. The van der Waals surface area contributed by atoms with E-state index in [9.17, 15) is 13.2 Å². The summed E-state index contributed by atoms with van der Waals surface area (Å²) in [4.78, 5) is 13.4. The largest absolute Gasteiger partial charge is 0.329 e. The van der Waals surface area contributed by atoms with Crippen LogP contribution in [0.2, 0.25) is 0 Å². The third-order valence-electron chi connectivity index (χ3n) is 3.56. The molecule has 0 aliphatic carbocycles. The van der Waals surface area contributed by atoms with Gasteiger partial charge in [0, 0.05) is 31.2 Å². The third-order valence-corrected chi connectivity index (χ3v) is 5.25. The van der Waals surface area contributed by atoms with E-state index < -0.39 is 15.6 Å². The van der Waals surface area contributed by atoms with Crippen LogP contribution in [0.15, 0.2) is 23.1 Å². The van der Waals surface area contributed by atoms with Gasteiger partial charge >= 0.3 is 0 Å². The standard InChI is InChI=1S/C14H21N3O3S.ClH/c1-10(18)17-7-6-11-8-12(4-5-13(11)17)21(19,20)16-14(2,3)9-15;/h4-5,8,16H,6-7,9,15H2,1-3H3;1H. The first-order chi connectivity index (χ1) is 9.66. The van der Waals surface area contributed by atoms with Gasteiger partial charge in [0.05, 0.1) is 4.90 Å². The fraction of sp³-hybridized carbons (Fsp3) is 0.500. The maximum absolute atomic E-state index is 12.4. The molecule has 3 N–H and O–H groups in total. The summed E-state index contributed by atoms with van der Waals surface area (Å²) in [5.41, 5.74) is 6.52. The predicted octanol–water partition coefficient (Wildman–Crippen LogP) is 1.03. The summed E-state index contributed by atoms with van der Waals surface area (Å²) >= 11 is 0. The molecule has 0 saturated heterocycles. The van der Waals surface area contributed by atoms with Gasteiger partial charge < -0.3 is 10.6 Å². The highest BCUT2D eigenvalue weighted by molar-refractivity contribution is 7.89. The average Bonchev–Trinajstić information content (AvgIpc) is 2.80. The second-order valence-electron chi connectivity index (χ2n) is 5.90. The Kier molecular flexibility index (Phi) is 5.61. The van der Waals surface area contributed by atoms with Gasteiger partial charge in [-0.3, -0.25) is 4.79 Å². The third kappa shape index (κ3) is 3.78. The summed E-state index contributed by atoms with van der Waals surface area (Å²) in [6.45, 7) is 5.76. The molecular weight excluding hydrogens is 326 g/mol. The molecule has 0 saturated carbocycles. The number of benzene rings is 1. The van der Waals surface area contributed by atoms with Gasteiger partial charge in [0.1, 0.15) is 0 Å². The monoisotopic (exact) mass is 347 g/mol. The van der Waals surface area contributed by atoms with Crippen molar-refractivity contribution in [2.24, 2.45) is 5.73 Å². The van der Waals surface area contributed by atoms with E-state index in [1.54, 1.807) is 30.9 Å². The zero-order chi connectivity index (χ0) is 15.8. The number of sulfonamides is 1. The minimum atomic E-state index is -3.62. The fourth-order valence-corrected chi connectivity index (χ4v) is 3.81. The summed E-state index contributed by atoms with van der Waals surface area (Å²) in [6, 6.07) is 4.84. The second kappa shape index (κ2) is 6.54. The van der Waals surface area contributed by atoms with Crippen molar-refractivity contribution in [3.63, 3.8) is 0 Å². The summed E-state index contributed by atoms with van der Waals surface area (Å²) < 4.78 is 27.3. The molecule has 22 heavy (non-hydrogen) atoms. The number of nitrogens with zero attached hydrogens (tertiary/aromatic N) is 1. The molecule has 1 heterocycles. The Labute approximate surface area is 137 Å². The average molecular weight is 348 g/mol. The summed E-state index contributed by atoms with van der Waals surface area (Å²) in [6.07, 6.45) is 0.665. The first-order valence-electron chi connectivity index (χ1n) is 6.81. The molecular formula is C14H22ClN3O3S. The van der Waals surface area contributed by atoms with E-state index in [1.807, 2.05) is 0 Å². The number of amides is 1. The lowest BCUT2D eigenvalue weighted by molar-refractivity contribution is -0.116. The zero-order valence-corrected chi connectivity index (χ0v) is 14.6. The molecule has 1 aliphatic heterocycles. The Morgan fingerprint density at radius 3 is 2.59 bits per heavy atom. The topological polar surface area (TPSA) is 92.5 Å². The number of hydrogen-bond acceptors (Lipinski definition) is 4. The first kappa shape index (κ1) is 18.9. The number of rotatable bonds is 4. The van der Waals surface area contributed by atoms with E-state index in [4.69, 9.17) is 5.73 Å². The maximum atomic E-state index is 12.4. The number of anilines is 1. The number of hydrogen-bond donors (Lipinski definition) is 2. The molecule has 8 heteroatoms. The molecule has 1 amide bonds. The molecule has 1 aromatic rings. The van der Waals surface area contributed by atoms with Crippen LogP contribution in [0.4, 0.5) is 5.69 Å². The van der Waals surface area contributed by atoms with Crippen molar-refractivity contribution in [1.82, 2.24) is 4.72 Å². The van der Waals surface area contributed by atoms with Crippen LogP contribution in [0.3, 0.4) is 0 Å². The minimum absolute atomic E-state index is 0. The maximum Gasteiger partial charge on any atom is 0.241 e. The van der Waals surface area contributed by atoms with E-state index in [-0.39, 0.29) is 29.8 Å². The highest BCUT2D eigenvalue weighted by Gasteiger charge is 2.28. The Morgan fingerprint density at radius 1 is 1.41 bits per heavy atom. The van der Waals surface area contributed by atoms with Gasteiger partial charge in [-0.2, -0.15) is 0 Å². The molecule has 6 nitrogen and oxygen atoms in total. The van der Waals surface area contributed by atoms with Crippen molar-refractivity contribution in [2.45, 2.75) is 37.6 Å². The van der Waals surface area contributed by atoms with Crippen molar-refractivity contribution in [3.05, 3.63) is 23.8 Å². The Bertz CT molecular complexity index is 674. The summed E-state index contributed by atoms with van der Waals surface area (Å²) in [7, 11) is -3.62. The highest BCUT2D eigenvalue weighted by atomic mass is 35.5. The first-order valence-corrected chi connectivity index (χ1v) is 8.30. The fourth-order valence-electron chi connectivity index (χ4n) is 2.34. The molecule has 0 aromatic heterocycles. The molecule has 0 spiro atoms. The van der Waals surface area contributed by atoms with Crippen LogP contribution in [0.25, 0.3) is 0 Å². The van der Waals surface area contributed by atoms with Crippen LogP contribution in [0.1, 0.15) is 26.3 Å². The zero-order valence-electron chi connectivity index (χ0n) is 12.9. The lowest BCUT2D eigenvalue weighted by Crippen LogP contribution is -2.48. The van der Waals surface area contributed by atoms with Gasteiger partial charge in [-0.15, -0.1) is 12.4 Å². The second-order valence-corrected chi connectivity index (χ2v) is 7.59. The molecule has 0 bridgehead atoms. The van der Waals surface area contributed by atoms with Crippen molar-refractivity contribution < 1.29 is 13.2 Å². The normalized spacial score (nSPS) is 14.5. The number of carbonyl (C=O) groups is 1. The van der Waals surface area contributed by atoms with Crippen LogP contribution < -0.4 is 15.4 Å². The molecule has 0 fully saturated rings. The van der Waals surface area contributed by atoms with Crippen LogP contribution in [0, 0.1) is 0 Å². The van der Waals surface area contributed by atoms with Crippen molar-refractivity contribution in [1.29, 1.82) is 0 Å². The van der Waals surface area contributed by atoms with Gasteiger partial charge in [-0.1, -0.05) is 0 Å². The van der Waals surface area contributed by atoms with E-state index in [0.717, 1.165) is 11.3 Å². The summed E-state index contributed by atoms with van der Waals surface area (Å²) in [5, 5.41) is 0. The van der Waals surface area contributed by atoms with Gasteiger partial charge in [0.2, 0.25) is 15.9 Å². The Balaban J connectivity index is 0.00000242. The number of fused-ring (bicyclic) bond motifs is 1. The number of halogens is 1. The van der Waals surface area contributed by atoms with Crippen molar-refractivity contribution in [2.75, 3.05) is 18.0 Å². The Hall–Kier alpha value is -1.15. The van der Waals surface area contributed by atoms with Crippen LogP contribution >= 0.6 is 12.4 Å². The van der Waals surface area contributed by atoms with Gasteiger partial charge in [0.15, 0.2) is 0 Å². The number of carbonyl (C=O) groups excluding carboxylic acids is 1. The molecule has 0 unspecified atom stereocenters. The molecule has 0 atom stereocenters. The van der Waals surface area contributed by atoms with Crippen LogP contribution in [-0.2, 0) is 21.2 Å². The predicted molar refractivity (Wildman–Crippen MR) is 88.9 cm³/mol. The molecule has 1 aromatic carbocycles. The van der Waals surface area contributed by atoms with Gasteiger partial charge in [-0.25, -0.2) is 13.1 Å². The van der Waals surface area contributed by atoms with E-state index in [2.05, 4.69) is 4.72 Å². The van der Waals surface area contributed by atoms with Crippen LogP contribution in [0.5, 0.6) is 0 Å². The summed E-state index contributed by atoms with van der Waals surface area (Å²) in [5.74, 6) is -0.0354. The van der Waals surface area contributed by atoms with Gasteiger partial charge in [0.25, 0.3) is 0 Å². The van der Waals surface area contributed by atoms with E-state index in [1.165, 1.54) is 13.0 Å².